The highest BCUT2D eigenvalue weighted by atomic mass is 16.4. The fourth-order valence-electron chi connectivity index (χ4n) is 2.20. The highest BCUT2D eigenvalue weighted by molar-refractivity contribution is 6.18. The van der Waals surface area contributed by atoms with Crippen molar-refractivity contribution in [1.82, 2.24) is 10.2 Å². The maximum absolute atomic E-state index is 12.3. The number of hydrogen-bond donors (Lipinski definition) is 2. The molecule has 0 radical (unpaired) electrons. The van der Waals surface area contributed by atoms with Crippen LogP contribution in [-0.4, -0.2) is 35.3 Å². The second-order valence-corrected chi connectivity index (χ2v) is 4.98. The van der Waals surface area contributed by atoms with E-state index in [0.29, 0.717) is 5.69 Å². The lowest BCUT2D eigenvalue weighted by Crippen LogP contribution is -2.58. The number of aromatic carboxylic acids is 1. The average molecular weight is 328 g/mol. The van der Waals surface area contributed by atoms with Crippen molar-refractivity contribution >= 4 is 29.5 Å². The van der Waals surface area contributed by atoms with Gasteiger partial charge in [-0.25, -0.2) is 4.79 Å². The molecule has 1 aromatic carbocycles. The topological polar surface area (TPSA) is 119 Å². The van der Waals surface area contributed by atoms with Crippen molar-refractivity contribution in [2.75, 3.05) is 11.9 Å². The number of imide groups is 2. The van der Waals surface area contributed by atoms with Gasteiger partial charge in [0.1, 0.15) is 0 Å². The Balaban J connectivity index is 2.21. The first-order valence-corrected chi connectivity index (χ1v) is 6.89. The number of rotatable bonds is 6. The van der Waals surface area contributed by atoms with Gasteiger partial charge in [-0.1, -0.05) is 24.8 Å². The maximum Gasteiger partial charge on any atom is 0.331 e. The molecule has 1 fully saturated rings. The second-order valence-electron chi connectivity index (χ2n) is 4.98. The van der Waals surface area contributed by atoms with Crippen molar-refractivity contribution in [1.29, 1.82) is 0 Å². The molecule has 1 aromatic rings. The van der Waals surface area contributed by atoms with Gasteiger partial charge in [0.15, 0.2) is 5.92 Å². The van der Waals surface area contributed by atoms with E-state index in [0.717, 1.165) is 4.90 Å². The summed E-state index contributed by atoms with van der Waals surface area (Å²) in [6.07, 6.45) is 1.35. The summed E-state index contributed by atoms with van der Waals surface area (Å²) in [4.78, 5) is 47.6. The Hall–Kier alpha value is -3.42. The Morgan fingerprint density at radius 1 is 1.38 bits per heavy atom. The van der Waals surface area contributed by atoms with Crippen LogP contribution in [0.4, 0.5) is 10.5 Å². The molecule has 124 valence electrons. The molecular weight excluding hydrogens is 314 g/mol. The SMILES string of the molecule is C=CCN1C(=O)NC(=O)[C@@H](C(=C)Nc2cccc(C(=O)[O-])c2)C1=O. The molecule has 0 saturated carbocycles. The summed E-state index contributed by atoms with van der Waals surface area (Å²) in [5, 5.41) is 15.6. The standard InChI is InChI=1S/C16H15N3O5/c1-3-7-19-14(21)12(13(20)18-16(19)24)9(2)17-11-6-4-5-10(8-11)15(22)23/h3-6,8,12,17H,1-2,7H2,(H,22,23)(H,18,20,24)/p-1/t12-/m1/s1. The van der Waals surface area contributed by atoms with E-state index in [9.17, 15) is 24.3 Å². The van der Waals surface area contributed by atoms with Crippen LogP contribution in [0.2, 0.25) is 0 Å². The van der Waals surface area contributed by atoms with Gasteiger partial charge in [-0.3, -0.25) is 19.8 Å². The van der Waals surface area contributed by atoms with Crippen molar-refractivity contribution in [3.8, 4) is 0 Å². The predicted molar refractivity (Wildman–Crippen MR) is 82.5 cm³/mol. The van der Waals surface area contributed by atoms with Gasteiger partial charge in [-0.2, -0.15) is 0 Å². The highest BCUT2D eigenvalue weighted by Crippen LogP contribution is 2.21. The fraction of sp³-hybridized carbons (Fsp3) is 0.125. The van der Waals surface area contributed by atoms with Gasteiger partial charge in [0, 0.05) is 17.9 Å². The molecule has 8 nitrogen and oxygen atoms in total. The van der Waals surface area contributed by atoms with Crippen LogP contribution in [-0.2, 0) is 9.59 Å². The summed E-state index contributed by atoms with van der Waals surface area (Å²) >= 11 is 0. The van der Waals surface area contributed by atoms with Crippen LogP contribution >= 0.6 is 0 Å². The van der Waals surface area contributed by atoms with Crippen LogP contribution in [0.1, 0.15) is 10.4 Å². The first-order valence-electron chi connectivity index (χ1n) is 6.89. The molecule has 1 saturated heterocycles. The van der Waals surface area contributed by atoms with E-state index in [2.05, 4.69) is 23.8 Å². The average Bonchev–Trinajstić information content (AvgIpc) is 2.51. The zero-order chi connectivity index (χ0) is 17.9. The lowest BCUT2D eigenvalue weighted by atomic mass is 10.0. The number of amides is 4. The molecule has 2 N–H and O–H groups in total. The highest BCUT2D eigenvalue weighted by Gasteiger charge is 2.41. The van der Waals surface area contributed by atoms with Gasteiger partial charge in [-0.15, -0.1) is 6.58 Å². The van der Waals surface area contributed by atoms with Gasteiger partial charge < -0.3 is 15.2 Å². The third-order valence-corrected chi connectivity index (χ3v) is 3.31. The van der Waals surface area contributed by atoms with E-state index in [1.54, 1.807) is 0 Å². The third kappa shape index (κ3) is 3.32. The predicted octanol–water partition coefficient (Wildman–Crippen LogP) is -0.144. The zero-order valence-corrected chi connectivity index (χ0v) is 12.6. The van der Waals surface area contributed by atoms with Crippen LogP contribution in [0.25, 0.3) is 0 Å². The number of anilines is 1. The summed E-state index contributed by atoms with van der Waals surface area (Å²) in [5.74, 6) is -4.23. The molecule has 1 atom stereocenters. The summed E-state index contributed by atoms with van der Waals surface area (Å²) in [6, 6.07) is 4.80. The van der Waals surface area contributed by atoms with Gasteiger partial charge in [0.2, 0.25) is 11.8 Å². The number of hydrogen-bond acceptors (Lipinski definition) is 6. The van der Waals surface area contributed by atoms with E-state index in [1.165, 1.54) is 30.3 Å². The minimum atomic E-state index is -1.36. The van der Waals surface area contributed by atoms with E-state index in [1.807, 2.05) is 0 Å². The van der Waals surface area contributed by atoms with Gasteiger partial charge in [0.05, 0.1) is 5.97 Å². The minimum Gasteiger partial charge on any atom is -0.545 e. The molecule has 2 rings (SSSR count). The minimum absolute atomic E-state index is 0.00885. The molecule has 1 aliphatic heterocycles. The maximum atomic E-state index is 12.3. The van der Waals surface area contributed by atoms with E-state index in [4.69, 9.17) is 0 Å². The molecule has 24 heavy (non-hydrogen) atoms. The van der Waals surface area contributed by atoms with E-state index >= 15 is 0 Å². The fourth-order valence-corrected chi connectivity index (χ4v) is 2.20. The lowest BCUT2D eigenvalue weighted by Gasteiger charge is -2.30. The molecule has 0 bridgehead atoms. The van der Waals surface area contributed by atoms with Crippen molar-refractivity contribution in [3.05, 3.63) is 54.8 Å². The second kappa shape index (κ2) is 6.78. The first kappa shape index (κ1) is 16.9. The van der Waals surface area contributed by atoms with Crippen LogP contribution in [0.15, 0.2) is 49.2 Å². The van der Waals surface area contributed by atoms with Gasteiger partial charge in [0.25, 0.3) is 0 Å². The van der Waals surface area contributed by atoms with Crippen LogP contribution in [0, 0.1) is 5.92 Å². The quantitative estimate of drug-likeness (QED) is 0.554. The van der Waals surface area contributed by atoms with Crippen LogP contribution in [0.3, 0.4) is 0 Å². The Bertz CT molecular complexity index is 756. The summed E-state index contributed by atoms with van der Waals surface area (Å²) in [6.45, 7) is 7.04. The monoisotopic (exact) mass is 328 g/mol. The Morgan fingerprint density at radius 2 is 2.08 bits per heavy atom. The lowest BCUT2D eigenvalue weighted by molar-refractivity contribution is -0.255. The Labute approximate surface area is 137 Å². The van der Waals surface area contributed by atoms with E-state index < -0.39 is 29.7 Å². The molecule has 0 spiro atoms. The van der Waals surface area contributed by atoms with Gasteiger partial charge >= 0.3 is 6.03 Å². The summed E-state index contributed by atoms with van der Waals surface area (Å²) < 4.78 is 0. The smallest absolute Gasteiger partial charge is 0.331 e. The number of carbonyl (C=O) groups is 4. The molecule has 0 aliphatic carbocycles. The summed E-state index contributed by atoms with van der Waals surface area (Å²) in [5.41, 5.74) is 0.250. The first-order chi connectivity index (χ1) is 11.3. The van der Waals surface area contributed by atoms with Crippen molar-refractivity contribution in [3.63, 3.8) is 0 Å². The van der Waals surface area contributed by atoms with Crippen molar-refractivity contribution in [2.45, 2.75) is 0 Å². The van der Waals surface area contributed by atoms with Gasteiger partial charge in [-0.05, 0) is 17.7 Å². The zero-order valence-electron chi connectivity index (χ0n) is 12.6. The largest absolute Gasteiger partial charge is 0.545 e. The molecule has 0 unspecified atom stereocenters. The van der Waals surface area contributed by atoms with Crippen LogP contribution < -0.4 is 15.7 Å². The number of carboxylic acid groups (broad SMARTS) is 1. The number of carbonyl (C=O) groups excluding carboxylic acids is 4. The molecule has 8 heteroatoms. The number of urea groups is 1. The normalized spacial score (nSPS) is 17.2. The number of carboxylic acids is 1. The molecule has 1 heterocycles. The number of barbiturate groups is 1. The number of nitrogens with zero attached hydrogens (tertiary/aromatic N) is 1. The number of benzene rings is 1. The molecular formula is C16H14N3O5-. The molecule has 0 aromatic heterocycles. The van der Waals surface area contributed by atoms with Crippen LogP contribution in [0.5, 0.6) is 0 Å². The third-order valence-electron chi connectivity index (χ3n) is 3.31. The summed E-state index contributed by atoms with van der Waals surface area (Å²) in [7, 11) is 0. The van der Waals surface area contributed by atoms with Crippen molar-refractivity contribution in [2.24, 2.45) is 5.92 Å². The van der Waals surface area contributed by atoms with E-state index in [-0.39, 0.29) is 17.8 Å². The molecule has 1 aliphatic rings. The van der Waals surface area contributed by atoms with Crippen molar-refractivity contribution < 1.29 is 24.3 Å². The molecule has 4 amide bonds. The number of nitrogens with one attached hydrogen (secondary N) is 2. The Morgan fingerprint density at radius 3 is 2.71 bits per heavy atom. The Kier molecular flexibility index (Phi) is 4.78.